The molecule has 1 heterocycles. The van der Waals surface area contributed by atoms with Gasteiger partial charge in [0, 0.05) is 13.1 Å². The van der Waals surface area contributed by atoms with Gasteiger partial charge in [-0.1, -0.05) is 6.92 Å². The van der Waals surface area contributed by atoms with Gasteiger partial charge in [0.15, 0.2) is 0 Å². The summed E-state index contributed by atoms with van der Waals surface area (Å²) in [6, 6.07) is 7.10. The fourth-order valence-electron chi connectivity index (χ4n) is 2.52. The average molecular weight is 291 g/mol. The van der Waals surface area contributed by atoms with Gasteiger partial charge in [0.25, 0.3) is 0 Å². The smallest absolute Gasteiger partial charge is 0.338 e. The summed E-state index contributed by atoms with van der Waals surface area (Å²) < 4.78 is 10.9. The summed E-state index contributed by atoms with van der Waals surface area (Å²) in [6.45, 7) is 9.70. The van der Waals surface area contributed by atoms with Crippen molar-refractivity contribution in [3.63, 3.8) is 0 Å². The van der Waals surface area contributed by atoms with Gasteiger partial charge in [-0.25, -0.2) is 4.79 Å². The zero-order chi connectivity index (χ0) is 15.2. The molecule has 1 aromatic carbocycles. The molecule has 1 aromatic rings. The van der Waals surface area contributed by atoms with E-state index in [1.807, 2.05) is 13.8 Å². The van der Waals surface area contributed by atoms with Crippen molar-refractivity contribution in [2.75, 3.05) is 26.2 Å². The number of rotatable bonds is 6. The second-order valence-electron chi connectivity index (χ2n) is 6.02. The third-order valence-corrected chi connectivity index (χ3v) is 3.61. The fraction of sp³-hybridized carbons (Fsp3) is 0.588. The van der Waals surface area contributed by atoms with Crippen LogP contribution >= 0.6 is 0 Å². The van der Waals surface area contributed by atoms with Gasteiger partial charge in [0.2, 0.25) is 0 Å². The summed E-state index contributed by atoms with van der Waals surface area (Å²) in [5.74, 6) is 1.26. The van der Waals surface area contributed by atoms with E-state index in [2.05, 4.69) is 11.8 Å². The van der Waals surface area contributed by atoms with Gasteiger partial charge >= 0.3 is 5.97 Å². The Bertz CT molecular complexity index is 456. The molecule has 0 aromatic heterocycles. The zero-order valence-corrected chi connectivity index (χ0v) is 13.2. The predicted octanol–water partition coefficient (Wildman–Crippen LogP) is 2.97. The molecule has 0 unspecified atom stereocenters. The van der Waals surface area contributed by atoms with E-state index in [9.17, 15) is 4.79 Å². The van der Waals surface area contributed by atoms with Gasteiger partial charge in [-0.3, -0.25) is 4.90 Å². The molecule has 21 heavy (non-hydrogen) atoms. The van der Waals surface area contributed by atoms with Crippen molar-refractivity contribution in [2.24, 2.45) is 5.92 Å². The zero-order valence-electron chi connectivity index (χ0n) is 13.2. The van der Waals surface area contributed by atoms with E-state index in [0.29, 0.717) is 12.2 Å². The first-order chi connectivity index (χ1) is 10.0. The minimum Gasteiger partial charge on any atom is -0.491 e. The lowest BCUT2D eigenvalue weighted by Gasteiger charge is -2.15. The van der Waals surface area contributed by atoms with E-state index in [1.165, 1.54) is 6.42 Å². The number of benzene rings is 1. The normalized spacial score (nSPS) is 19.0. The van der Waals surface area contributed by atoms with Crippen LogP contribution in [-0.2, 0) is 4.74 Å². The number of hydrogen-bond donors (Lipinski definition) is 0. The highest BCUT2D eigenvalue weighted by Crippen LogP contribution is 2.16. The van der Waals surface area contributed by atoms with Gasteiger partial charge < -0.3 is 9.47 Å². The standard InChI is InChI=1S/C17H25NO3/c1-13(2)21-16-6-4-15(5-7-16)17(19)20-11-10-18-9-8-14(3)12-18/h4-7,13-14H,8-12H2,1-3H3/t14-/m0/s1. The van der Waals surface area contributed by atoms with Crippen molar-refractivity contribution in [1.29, 1.82) is 0 Å². The number of nitrogens with zero attached hydrogens (tertiary/aromatic N) is 1. The molecule has 0 amide bonds. The van der Waals surface area contributed by atoms with E-state index in [-0.39, 0.29) is 12.1 Å². The Hall–Kier alpha value is -1.55. The minimum atomic E-state index is -0.265. The number of carbonyl (C=O) groups is 1. The lowest BCUT2D eigenvalue weighted by molar-refractivity contribution is 0.0471. The van der Waals surface area contributed by atoms with Gasteiger partial charge in [-0.15, -0.1) is 0 Å². The number of carbonyl (C=O) groups excluding carboxylic acids is 1. The summed E-state index contributed by atoms with van der Waals surface area (Å²) in [6.07, 6.45) is 1.37. The molecule has 116 valence electrons. The maximum absolute atomic E-state index is 11.9. The highest BCUT2D eigenvalue weighted by atomic mass is 16.5. The summed E-state index contributed by atoms with van der Waals surface area (Å²) >= 11 is 0. The Morgan fingerprint density at radius 1 is 1.33 bits per heavy atom. The summed E-state index contributed by atoms with van der Waals surface area (Å²) in [5.41, 5.74) is 0.570. The summed E-state index contributed by atoms with van der Waals surface area (Å²) in [5, 5.41) is 0. The van der Waals surface area contributed by atoms with Crippen LogP contribution in [0, 0.1) is 5.92 Å². The van der Waals surface area contributed by atoms with Gasteiger partial charge in [-0.05, 0) is 57.0 Å². The number of ether oxygens (including phenoxy) is 2. The number of hydrogen-bond acceptors (Lipinski definition) is 4. The SMILES string of the molecule is CC(C)Oc1ccc(C(=O)OCCN2CC[C@H](C)C2)cc1. The third-order valence-electron chi connectivity index (χ3n) is 3.61. The van der Waals surface area contributed by atoms with Crippen molar-refractivity contribution in [1.82, 2.24) is 4.90 Å². The third kappa shape index (κ3) is 5.05. The van der Waals surface area contributed by atoms with Crippen molar-refractivity contribution in [3.8, 4) is 5.75 Å². The van der Waals surface area contributed by atoms with Crippen molar-refractivity contribution in [3.05, 3.63) is 29.8 Å². The van der Waals surface area contributed by atoms with Crippen LogP contribution in [0.5, 0.6) is 5.75 Å². The Kier molecular flexibility index (Phi) is 5.62. The maximum Gasteiger partial charge on any atom is 0.338 e. The molecule has 4 heteroatoms. The Labute approximate surface area is 127 Å². The second kappa shape index (κ2) is 7.46. The summed E-state index contributed by atoms with van der Waals surface area (Å²) in [4.78, 5) is 14.3. The van der Waals surface area contributed by atoms with Crippen LogP contribution in [0.1, 0.15) is 37.6 Å². The minimum absolute atomic E-state index is 0.130. The molecule has 1 atom stereocenters. The molecule has 1 aliphatic rings. The lowest BCUT2D eigenvalue weighted by Crippen LogP contribution is -2.26. The van der Waals surface area contributed by atoms with Crippen LogP contribution in [0.2, 0.25) is 0 Å². The highest BCUT2D eigenvalue weighted by molar-refractivity contribution is 5.89. The first kappa shape index (κ1) is 15.8. The van der Waals surface area contributed by atoms with Gasteiger partial charge in [-0.2, -0.15) is 0 Å². The molecule has 0 saturated carbocycles. The molecule has 4 nitrogen and oxygen atoms in total. The Balaban J connectivity index is 1.75. The van der Waals surface area contributed by atoms with Crippen LogP contribution < -0.4 is 4.74 Å². The quantitative estimate of drug-likeness (QED) is 0.755. The lowest BCUT2D eigenvalue weighted by atomic mass is 10.2. The van der Waals surface area contributed by atoms with E-state index in [1.54, 1.807) is 24.3 Å². The first-order valence-corrected chi connectivity index (χ1v) is 7.71. The van der Waals surface area contributed by atoms with E-state index in [4.69, 9.17) is 9.47 Å². The van der Waals surface area contributed by atoms with Crippen LogP contribution in [0.4, 0.5) is 0 Å². The molecule has 0 bridgehead atoms. The van der Waals surface area contributed by atoms with Crippen LogP contribution in [0.3, 0.4) is 0 Å². The maximum atomic E-state index is 11.9. The van der Waals surface area contributed by atoms with Crippen molar-refractivity contribution < 1.29 is 14.3 Å². The topological polar surface area (TPSA) is 38.8 Å². The summed E-state index contributed by atoms with van der Waals surface area (Å²) in [7, 11) is 0. The molecule has 1 fully saturated rings. The fourth-order valence-corrected chi connectivity index (χ4v) is 2.52. The molecule has 1 aliphatic heterocycles. The molecule has 1 saturated heterocycles. The predicted molar refractivity (Wildman–Crippen MR) is 82.7 cm³/mol. The molecule has 0 aliphatic carbocycles. The monoisotopic (exact) mass is 291 g/mol. The number of esters is 1. The van der Waals surface area contributed by atoms with E-state index in [0.717, 1.165) is 31.3 Å². The second-order valence-corrected chi connectivity index (χ2v) is 6.02. The average Bonchev–Trinajstić information content (AvgIpc) is 2.84. The van der Waals surface area contributed by atoms with Crippen LogP contribution in [0.15, 0.2) is 24.3 Å². The van der Waals surface area contributed by atoms with Crippen molar-refractivity contribution in [2.45, 2.75) is 33.3 Å². The van der Waals surface area contributed by atoms with Gasteiger partial charge in [0.05, 0.1) is 11.7 Å². The molecule has 0 spiro atoms. The first-order valence-electron chi connectivity index (χ1n) is 7.71. The van der Waals surface area contributed by atoms with Crippen LogP contribution in [-0.4, -0.2) is 43.2 Å². The molecular formula is C17H25NO3. The Morgan fingerprint density at radius 3 is 2.62 bits per heavy atom. The Morgan fingerprint density at radius 2 is 2.05 bits per heavy atom. The molecule has 2 rings (SSSR count). The van der Waals surface area contributed by atoms with Crippen molar-refractivity contribution >= 4 is 5.97 Å². The van der Waals surface area contributed by atoms with Crippen LogP contribution in [0.25, 0.3) is 0 Å². The largest absolute Gasteiger partial charge is 0.491 e. The molecular weight excluding hydrogens is 266 g/mol. The van der Waals surface area contributed by atoms with Gasteiger partial charge in [0.1, 0.15) is 12.4 Å². The van der Waals surface area contributed by atoms with E-state index < -0.39 is 0 Å². The molecule has 0 radical (unpaired) electrons. The highest BCUT2D eigenvalue weighted by Gasteiger charge is 2.18. The molecule has 0 N–H and O–H groups in total. The number of likely N-dealkylation sites (tertiary alicyclic amines) is 1. The van der Waals surface area contributed by atoms with E-state index >= 15 is 0 Å².